The van der Waals surface area contributed by atoms with Crippen LogP contribution in [0.25, 0.3) is 11.1 Å². The minimum atomic E-state index is -1.05. The van der Waals surface area contributed by atoms with Crippen molar-refractivity contribution in [1.82, 2.24) is 15.3 Å². The highest BCUT2D eigenvalue weighted by Crippen LogP contribution is 2.44. The second-order valence-corrected chi connectivity index (χ2v) is 6.75. The fourth-order valence-corrected chi connectivity index (χ4v) is 3.69. The van der Waals surface area contributed by atoms with E-state index in [9.17, 15) is 9.59 Å². The Kier molecular flexibility index (Phi) is 5.20. The number of ether oxygens (including phenoxy) is 1. The molecule has 2 aromatic carbocycles. The smallest absolute Gasteiger partial charge is 0.407 e. The third-order valence-electron chi connectivity index (χ3n) is 4.98. The van der Waals surface area contributed by atoms with Crippen LogP contribution in [0.2, 0.25) is 0 Å². The maximum atomic E-state index is 12.4. The topological polar surface area (TPSA) is 101 Å². The van der Waals surface area contributed by atoms with Crippen LogP contribution in [0.3, 0.4) is 0 Å². The van der Waals surface area contributed by atoms with Gasteiger partial charge in [-0.3, -0.25) is 4.79 Å². The third kappa shape index (κ3) is 3.94. The fourth-order valence-electron chi connectivity index (χ4n) is 3.69. The van der Waals surface area contributed by atoms with Gasteiger partial charge in [0.25, 0.3) is 0 Å². The van der Waals surface area contributed by atoms with Crippen molar-refractivity contribution < 1.29 is 19.4 Å². The predicted molar refractivity (Wildman–Crippen MR) is 105 cm³/mol. The predicted octanol–water partition coefficient (Wildman–Crippen LogP) is 3.53. The van der Waals surface area contributed by atoms with Crippen LogP contribution < -0.4 is 5.32 Å². The largest absolute Gasteiger partial charge is 0.481 e. The van der Waals surface area contributed by atoms with Gasteiger partial charge in [0, 0.05) is 12.1 Å². The minimum Gasteiger partial charge on any atom is -0.481 e. The summed E-state index contributed by atoms with van der Waals surface area (Å²) < 4.78 is 5.49. The van der Waals surface area contributed by atoms with Gasteiger partial charge in [0.1, 0.15) is 12.9 Å². The van der Waals surface area contributed by atoms with E-state index in [2.05, 4.69) is 27.4 Å². The number of hydrogen-bond acceptors (Lipinski definition) is 5. The second-order valence-electron chi connectivity index (χ2n) is 6.75. The molecular formula is C22H19N3O4. The summed E-state index contributed by atoms with van der Waals surface area (Å²) in [5.74, 6) is -1.11. The lowest BCUT2D eigenvalue weighted by Gasteiger charge is -2.18. The number of nitrogens with zero attached hydrogens (tertiary/aromatic N) is 2. The Hall–Kier alpha value is -3.74. The van der Waals surface area contributed by atoms with Gasteiger partial charge in [0.05, 0.1) is 18.2 Å². The van der Waals surface area contributed by atoms with Crippen molar-refractivity contribution in [3.63, 3.8) is 0 Å². The lowest BCUT2D eigenvalue weighted by Crippen LogP contribution is -2.32. The van der Waals surface area contributed by atoms with E-state index >= 15 is 0 Å². The highest BCUT2D eigenvalue weighted by molar-refractivity contribution is 5.79. The zero-order chi connectivity index (χ0) is 20.2. The number of hydrogen-bond donors (Lipinski definition) is 2. The summed E-state index contributed by atoms with van der Waals surface area (Å²) in [6, 6.07) is 16.9. The van der Waals surface area contributed by atoms with Crippen LogP contribution in [-0.2, 0) is 9.53 Å². The lowest BCUT2D eigenvalue weighted by molar-refractivity contribution is -0.137. The average Bonchev–Trinajstić information content (AvgIpc) is 3.06. The van der Waals surface area contributed by atoms with Crippen LogP contribution in [0.15, 0.2) is 67.1 Å². The summed E-state index contributed by atoms with van der Waals surface area (Å²) in [6.45, 7) is 0.156. The molecule has 0 saturated carbocycles. The van der Waals surface area contributed by atoms with Gasteiger partial charge in [-0.2, -0.15) is 0 Å². The first-order chi connectivity index (χ1) is 14.1. The number of aromatic nitrogens is 2. The van der Waals surface area contributed by atoms with Crippen LogP contribution in [0.1, 0.15) is 35.2 Å². The van der Waals surface area contributed by atoms with Gasteiger partial charge in [0.2, 0.25) is 0 Å². The van der Waals surface area contributed by atoms with E-state index in [1.54, 1.807) is 6.07 Å². The number of carboxylic acids is 1. The van der Waals surface area contributed by atoms with E-state index in [0.29, 0.717) is 5.69 Å². The first-order valence-corrected chi connectivity index (χ1v) is 9.22. The number of carbonyl (C=O) groups excluding carboxylic acids is 1. The highest BCUT2D eigenvalue weighted by atomic mass is 16.5. The quantitative estimate of drug-likeness (QED) is 0.669. The van der Waals surface area contributed by atoms with Gasteiger partial charge < -0.3 is 15.2 Å². The first-order valence-electron chi connectivity index (χ1n) is 9.22. The van der Waals surface area contributed by atoms with Crippen molar-refractivity contribution >= 4 is 12.1 Å². The Balaban J connectivity index is 1.47. The maximum absolute atomic E-state index is 12.4. The van der Waals surface area contributed by atoms with E-state index < -0.39 is 18.1 Å². The summed E-state index contributed by atoms with van der Waals surface area (Å²) in [4.78, 5) is 31.4. The number of benzene rings is 2. The van der Waals surface area contributed by atoms with Crippen LogP contribution in [0, 0.1) is 0 Å². The summed E-state index contributed by atoms with van der Waals surface area (Å²) >= 11 is 0. The van der Waals surface area contributed by atoms with Gasteiger partial charge in [-0.25, -0.2) is 14.8 Å². The molecule has 2 N–H and O–H groups in total. The van der Waals surface area contributed by atoms with Gasteiger partial charge in [0.15, 0.2) is 0 Å². The number of fused-ring (bicyclic) bond motifs is 3. The molecule has 7 nitrogen and oxygen atoms in total. The molecule has 1 amide bonds. The number of carbonyl (C=O) groups is 2. The van der Waals surface area contributed by atoms with Crippen LogP contribution in [0.4, 0.5) is 4.79 Å². The molecule has 3 aromatic rings. The molecule has 1 aliphatic rings. The standard InChI is InChI=1S/C22H19N3O4/c26-21(27)11-20(19-9-10-23-13-24-19)25-22(28)29-12-18-16-7-3-1-5-14(16)15-6-2-4-8-17(15)18/h1-10,13,18,20H,11-12H2,(H,25,28)(H,26,27)/t20-/m0/s1. The van der Waals surface area contributed by atoms with Crippen molar-refractivity contribution in [1.29, 1.82) is 0 Å². The molecule has 29 heavy (non-hydrogen) atoms. The Morgan fingerprint density at radius 1 is 1.03 bits per heavy atom. The van der Waals surface area contributed by atoms with E-state index in [1.807, 2.05) is 36.4 Å². The third-order valence-corrected chi connectivity index (χ3v) is 4.98. The molecule has 1 aliphatic carbocycles. The van der Waals surface area contributed by atoms with Crippen LogP contribution >= 0.6 is 0 Å². The molecule has 0 unspecified atom stereocenters. The average molecular weight is 389 g/mol. The summed E-state index contributed by atoms with van der Waals surface area (Å²) in [5.41, 5.74) is 4.92. The van der Waals surface area contributed by atoms with E-state index in [0.717, 1.165) is 22.3 Å². The molecule has 0 saturated heterocycles. The summed E-state index contributed by atoms with van der Waals surface area (Å²) in [5, 5.41) is 11.7. The molecule has 0 aliphatic heterocycles. The number of aliphatic carboxylic acids is 1. The van der Waals surface area contributed by atoms with Crippen LogP contribution in [0.5, 0.6) is 0 Å². The van der Waals surface area contributed by atoms with Gasteiger partial charge in [-0.1, -0.05) is 48.5 Å². The highest BCUT2D eigenvalue weighted by Gasteiger charge is 2.29. The molecule has 0 bridgehead atoms. The number of carboxylic acid groups (broad SMARTS) is 1. The van der Waals surface area contributed by atoms with E-state index in [-0.39, 0.29) is 18.9 Å². The number of alkyl carbamates (subject to hydrolysis) is 1. The Morgan fingerprint density at radius 2 is 1.69 bits per heavy atom. The normalized spacial score (nSPS) is 13.2. The van der Waals surface area contributed by atoms with Crippen molar-refractivity contribution in [3.05, 3.63) is 83.9 Å². The van der Waals surface area contributed by atoms with Crippen molar-refractivity contribution in [2.24, 2.45) is 0 Å². The molecule has 0 fully saturated rings. The summed E-state index contributed by atoms with van der Waals surface area (Å²) in [6.07, 6.45) is 1.82. The zero-order valence-electron chi connectivity index (χ0n) is 15.5. The van der Waals surface area contributed by atoms with Crippen LogP contribution in [-0.4, -0.2) is 33.7 Å². The number of nitrogens with one attached hydrogen (secondary N) is 1. The molecule has 0 spiro atoms. The minimum absolute atomic E-state index is 0.0647. The molecule has 146 valence electrons. The molecule has 7 heteroatoms. The zero-order valence-corrected chi connectivity index (χ0v) is 15.5. The Labute approximate surface area is 167 Å². The molecule has 4 rings (SSSR count). The van der Waals surface area contributed by atoms with Gasteiger partial charge in [-0.15, -0.1) is 0 Å². The number of rotatable bonds is 6. The molecule has 1 aromatic heterocycles. The van der Waals surface area contributed by atoms with E-state index in [4.69, 9.17) is 9.84 Å². The Morgan fingerprint density at radius 3 is 2.28 bits per heavy atom. The molecule has 1 heterocycles. The molecular weight excluding hydrogens is 370 g/mol. The monoisotopic (exact) mass is 389 g/mol. The van der Waals surface area contributed by atoms with E-state index in [1.165, 1.54) is 12.5 Å². The van der Waals surface area contributed by atoms with Crippen molar-refractivity contribution in [2.75, 3.05) is 6.61 Å². The maximum Gasteiger partial charge on any atom is 0.407 e. The lowest BCUT2D eigenvalue weighted by atomic mass is 9.98. The summed E-state index contributed by atoms with van der Waals surface area (Å²) in [7, 11) is 0. The Bertz CT molecular complexity index is 993. The second kappa shape index (κ2) is 8.10. The number of amides is 1. The SMILES string of the molecule is O=C(O)C[C@H](NC(=O)OCC1c2ccccc2-c2ccccc21)c1ccncn1. The van der Waals surface area contributed by atoms with Crippen molar-refractivity contribution in [3.8, 4) is 11.1 Å². The first kappa shape index (κ1) is 18.6. The van der Waals surface area contributed by atoms with Crippen molar-refractivity contribution in [2.45, 2.75) is 18.4 Å². The molecule has 1 atom stereocenters. The fraction of sp³-hybridized carbons (Fsp3) is 0.182. The van der Waals surface area contributed by atoms with Gasteiger partial charge >= 0.3 is 12.1 Å². The van der Waals surface area contributed by atoms with Gasteiger partial charge in [-0.05, 0) is 28.3 Å². The molecule has 0 radical (unpaired) electrons.